The van der Waals surface area contributed by atoms with E-state index in [0.717, 1.165) is 18.4 Å². The summed E-state index contributed by atoms with van der Waals surface area (Å²) < 4.78 is 4.71. The van der Waals surface area contributed by atoms with Crippen LogP contribution in [0.25, 0.3) is 0 Å². The van der Waals surface area contributed by atoms with Gasteiger partial charge in [-0.25, -0.2) is 0 Å². The first-order valence-corrected chi connectivity index (χ1v) is 10.7. The van der Waals surface area contributed by atoms with Crippen LogP contribution in [0.1, 0.15) is 71.6 Å². The highest BCUT2D eigenvalue weighted by molar-refractivity contribution is 5.96. The zero-order valence-corrected chi connectivity index (χ0v) is 17.0. The lowest BCUT2D eigenvalue weighted by Crippen LogP contribution is -2.46. The number of amides is 1. The SMILES string of the molecule is COC(=O)CNC(=O)C1=C2[C@@H](CCC3=CCCC[C@@]32C)[C@@H]2CCC[C@@]2(C)C1. The molecule has 0 saturated heterocycles. The molecular weight excluding hydrogens is 338 g/mol. The maximum absolute atomic E-state index is 13.2. The first-order valence-electron chi connectivity index (χ1n) is 10.7. The number of esters is 1. The van der Waals surface area contributed by atoms with Crippen LogP contribution in [0.2, 0.25) is 0 Å². The van der Waals surface area contributed by atoms with Crippen LogP contribution < -0.4 is 5.32 Å². The van der Waals surface area contributed by atoms with E-state index >= 15 is 0 Å². The molecule has 2 saturated carbocycles. The van der Waals surface area contributed by atoms with Crippen molar-refractivity contribution in [3.63, 3.8) is 0 Å². The molecule has 0 heterocycles. The molecule has 148 valence electrons. The van der Waals surface area contributed by atoms with Crippen LogP contribution in [-0.4, -0.2) is 25.5 Å². The van der Waals surface area contributed by atoms with E-state index in [1.807, 2.05) is 0 Å². The fraction of sp³-hybridized carbons (Fsp3) is 0.739. The zero-order chi connectivity index (χ0) is 19.2. The summed E-state index contributed by atoms with van der Waals surface area (Å²) in [5.74, 6) is 0.815. The van der Waals surface area contributed by atoms with Crippen molar-refractivity contribution in [2.45, 2.75) is 71.6 Å². The molecule has 0 unspecified atom stereocenters. The predicted molar refractivity (Wildman–Crippen MR) is 105 cm³/mol. The van der Waals surface area contributed by atoms with Gasteiger partial charge in [-0.3, -0.25) is 9.59 Å². The van der Waals surface area contributed by atoms with Crippen LogP contribution >= 0.6 is 0 Å². The highest BCUT2D eigenvalue weighted by Crippen LogP contribution is 2.64. The minimum atomic E-state index is -0.389. The third kappa shape index (κ3) is 2.96. The minimum absolute atomic E-state index is 0.0416. The Balaban J connectivity index is 1.76. The van der Waals surface area contributed by atoms with Crippen molar-refractivity contribution in [3.05, 3.63) is 22.8 Å². The van der Waals surface area contributed by atoms with Gasteiger partial charge in [0.1, 0.15) is 6.54 Å². The van der Waals surface area contributed by atoms with Crippen molar-refractivity contribution in [1.82, 2.24) is 5.32 Å². The summed E-state index contributed by atoms with van der Waals surface area (Å²) in [5, 5.41) is 2.86. The van der Waals surface area contributed by atoms with E-state index in [-0.39, 0.29) is 29.3 Å². The number of fused-ring (bicyclic) bond motifs is 5. The Bertz CT molecular complexity index is 721. The van der Waals surface area contributed by atoms with Crippen molar-refractivity contribution in [3.8, 4) is 0 Å². The van der Waals surface area contributed by atoms with E-state index < -0.39 is 0 Å². The summed E-state index contributed by atoms with van der Waals surface area (Å²) in [7, 11) is 1.36. The molecule has 4 atom stereocenters. The Labute approximate surface area is 162 Å². The van der Waals surface area contributed by atoms with Crippen LogP contribution in [0.3, 0.4) is 0 Å². The van der Waals surface area contributed by atoms with Crippen molar-refractivity contribution < 1.29 is 14.3 Å². The van der Waals surface area contributed by atoms with Gasteiger partial charge in [0.25, 0.3) is 0 Å². The fourth-order valence-corrected chi connectivity index (χ4v) is 6.83. The molecule has 1 amide bonds. The lowest BCUT2D eigenvalue weighted by atomic mass is 9.50. The number of hydrogen-bond acceptors (Lipinski definition) is 3. The lowest BCUT2D eigenvalue weighted by molar-refractivity contribution is -0.140. The van der Waals surface area contributed by atoms with E-state index in [4.69, 9.17) is 4.74 Å². The average Bonchev–Trinajstić information content (AvgIpc) is 3.06. The number of carbonyl (C=O) groups is 2. The maximum atomic E-state index is 13.2. The molecule has 0 bridgehead atoms. The van der Waals surface area contributed by atoms with Gasteiger partial charge in [0, 0.05) is 11.0 Å². The Morgan fingerprint density at radius 1 is 1.22 bits per heavy atom. The summed E-state index contributed by atoms with van der Waals surface area (Å²) >= 11 is 0. The second kappa shape index (κ2) is 6.79. The highest BCUT2D eigenvalue weighted by Gasteiger charge is 2.55. The molecule has 0 aromatic heterocycles. The zero-order valence-electron chi connectivity index (χ0n) is 17.0. The van der Waals surface area contributed by atoms with Crippen molar-refractivity contribution in [1.29, 1.82) is 0 Å². The van der Waals surface area contributed by atoms with E-state index in [9.17, 15) is 9.59 Å². The molecule has 1 N–H and O–H groups in total. The third-order valence-corrected chi connectivity index (χ3v) is 8.11. The number of methoxy groups -OCH3 is 1. The van der Waals surface area contributed by atoms with Gasteiger partial charge >= 0.3 is 5.97 Å². The summed E-state index contributed by atoms with van der Waals surface area (Å²) in [6.07, 6.45) is 13.0. The largest absolute Gasteiger partial charge is 0.468 e. The van der Waals surface area contributed by atoms with E-state index in [1.54, 1.807) is 5.57 Å². The van der Waals surface area contributed by atoms with Gasteiger partial charge in [-0.05, 0) is 74.2 Å². The topological polar surface area (TPSA) is 55.4 Å². The first-order chi connectivity index (χ1) is 12.9. The molecule has 4 rings (SSSR count). The molecule has 4 aliphatic rings. The fourth-order valence-electron chi connectivity index (χ4n) is 6.83. The summed E-state index contributed by atoms with van der Waals surface area (Å²) in [6.45, 7) is 4.73. The van der Waals surface area contributed by atoms with Gasteiger partial charge in [0.2, 0.25) is 5.91 Å². The number of ether oxygens (including phenoxy) is 1. The number of hydrogen-bond donors (Lipinski definition) is 1. The molecule has 0 aliphatic heterocycles. The molecule has 27 heavy (non-hydrogen) atoms. The molecule has 0 aromatic rings. The monoisotopic (exact) mass is 371 g/mol. The second-order valence-corrected chi connectivity index (χ2v) is 9.58. The van der Waals surface area contributed by atoms with Crippen LogP contribution in [0, 0.1) is 22.7 Å². The molecular formula is C23H33NO3. The Kier molecular flexibility index (Phi) is 4.72. The van der Waals surface area contributed by atoms with Crippen molar-refractivity contribution in [2.75, 3.05) is 13.7 Å². The van der Waals surface area contributed by atoms with Gasteiger partial charge in [-0.15, -0.1) is 0 Å². The Morgan fingerprint density at radius 3 is 2.81 bits per heavy atom. The Hall–Kier alpha value is -1.58. The van der Waals surface area contributed by atoms with Gasteiger partial charge in [0.05, 0.1) is 7.11 Å². The minimum Gasteiger partial charge on any atom is -0.468 e. The molecule has 4 nitrogen and oxygen atoms in total. The Morgan fingerprint density at radius 2 is 2.04 bits per heavy atom. The summed E-state index contributed by atoms with van der Waals surface area (Å²) in [5.41, 5.74) is 4.24. The van der Waals surface area contributed by atoms with Crippen LogP contribution in [0.4, 0.5) is 0 Å². The average molecular weight is 372 g/mol. The molecule has 4 aliphatic carbocycles. The predicted octanol–water partition coefficient (Wildman–Crippen LogP) is 4.31. The molecule has 0 aromatic carbocycles. The normalized spacial score (nSPS) is 37.7. The lowest BCUT2D eigenvalue weighted by Gasteiger charge is -2.54. The molecule has 2 fully saturated rings. The smallest absolute Gasteiger partial charge is 0.325 e. The second-order valence-electron chi connectivity index (χ2n) is 9.58. The molecule has 4 heteroatoms. The first kappa shape index (κ1) is 18.8. The van der Waals surface area contributed by atoms with Gasteiger partial charge in [-0.2, -0.15) is 0 Å². The molecule has 0 radical (unpaired) electrons. The summed E-state index contributed by atoms with van der Waals surface area (Å²) in [6, 6.07) is 0. The van der Waals surface area contributed by atoms with Crippen LogP contribution in [0.5, 0.6) is 0 Å². The van der Waals surface area contributed by atoms with E-state index in [0.29, 0.717) is 11.8 Å². The van der Waals surface area contributed by atoms with Crippen LogP contribution in [0.15, 0.2) is 22.8 Å². The van der Waals surface area contributed by atoms with Gasteiger partial charge in [0.15, 0.2) is 0 Å². The molecule has 0 spiro atoms. The third-order valence-electron chi connectivity index (χ3n) is 8.11. The standard InChI is InChI=1S/C23H33NO3/c1-22-11-6-8-18(22)16-10-9-15-7-4-5-12-23(15,2)20(16)17(13-22)21(26)24-14-19(25)27-3/h7,16,18H,4-6,8-14H2,1-3H3,(H,24,26)/t16-,18-,22-,23-/m0/s1. The number of rotatable bonds is 3. The van der Waals surface area contributed by atoms with Gasteiger partial charge in [-0.1, -0.05) is 31.9 Å². The van der Waals surface area contributed by atoms with E-state index in [2.05, 4.69) is 25.2 Å². The van der Waals surface area contributed by atoms with Crippen LogP contribution in [-0.2, 0) is 14.3 Å². The van der Waals surface area contributed by atoms with Gasteiger partial charge < -0.3 is 10.1 Å². The van der Waals surface area contributed by atoms with E-state index in [1.165, 1.54) is 57.6 Å². The maximum Gasteiger partial charge on any atom is 0.325 e. The van der Waals surface area contributed by atoms with Crippen molar-refractivity contribution >= 4 is 11.9 Å². The summed E-state index contributed by atoms with van der Waals surface area (Å²) in [4.78, 5) is 24.8. The highest BCUT2D eigenvalue weighted by atomic mass is 16.5. The number of allylic oxidation sites excluding steroid dienone is 3. The number of nitrogens with one attached hydrogen (secondary N) is 1. The quantitative estimate of drug-likeness (QED) is 0.594. The van der Waals surface area contributed by atoms with Crippen molar-refractivity contribution in [2.24, 2.45) is 22.7 Å². The number of carbonyl (C=O) groups excluding carboxylic acids is 2.